The van der Waals surface area contributed by atoms with E-state index in [4.69, 9.17) is 22.9 Å². The van der Waals surface area contributed by atoms with E-state index in [1.54, 1.807) is 30.3 Å². The predicted octanol–water partition coefficient (Wildman–Crippen LogP) is -5.76. The first-order chi connectivity index (χ1) is 30.6. The fourth-order valence-electron chi connectivity index (χ4n) is 6.11. The lowest BCUT2D eigenvalue weighted by molar-refractivity contribution is -0.144. The number of aliphatic carboxylic acids is 1. The maximum atomic E-state index is 14.0. The minimum absolute atomic E-state index is 0.0437. The van der Waals surface area contributed by atoms with Crippen molar-refractivity contribution in [2.75, 3.05) is 18.8 Å². The molecule has 65 heavy (non-hydrogen) atoms. The van der Waals surface area contributed by atoms with E-state index in [2.05, 4.69) is 44.5 Å². The molecule has 24 nitrogen and oxygen atoms in total. The van der Waals surface area contributed by atoms with Crippen LogP contribution in [0.5, 0.6) is 0 Å². The molecule has 0 fully saturated rings. The Morgan fingerprint density at radius 3 is 1.29 bits per heavy atom. The molecule has 0 radical (unpaired) electrons. The van der Waals surface area contributed by atoms with Gasteiger partial charge in [-0.05, 0) is 77.9 Å². The highest BCUT2D eigenvalue weighted by molar-refractivity contribution is 7.80. The van der Waals surface area contributed by atoms with E-state index in [0.29, 0.717) is 18.4 Å². The number of rotatable bonds is 31. The number of benzene rings is 1. The molecule has 1 aromatic rings. The smallest absolute Gasteiger partial charge is 0.326 e. The lowest BCUT2D eigenvalue weighted by atomic mass is 10.0. The molecule has 0 unspecified atom stereocenters. The molecule has 0 aliphatic heterocycles. The molecule has 1 aromatic carbocycles. The molecule has 366 valence electrons. The van der Waals surface area contributed by atoms with Crippen LogP contribution < -0.4 is 60.2 Å². The number of aliphatic hydroxyl groups is 3. The van der Waals surface area contributed by atoms with Crippen molar-refractivity contribution in [3.63, 3.8) is 0 Å². The van der Waals surface area contributed by atoms with Gasteiger partial charge in [-0.25, -0.2) is 4.79 Å². The van der Waals surface area contributed by atoms with E-state index in [-0.39, 0.29) is 50.9 Å². The molecule has 25 heteroatoms. The average Bonchev–Trinajstić information content (AvgIpc) is 3.24. The molecule has 0 saturated carbocycles. The van der Waals surface area contributed by atoms with Gasteiger partial charge in [0.2, 0.25) is 47.3 Å². The zero-order chi connectivity index (χ0) is 49.4. The molecular formula is C40H67N11O13S. The molecule has 0 aliphatic rings. The molecule has 1 rings (SSSR count). The quantitative estimate of drug-likeness (QED) is 0.0244. The third-order valence-electron chi connectivity index (χ3n) is 9.82. The maximum Gasteiger partial charge on any atom is 0.326 e. The van der Waals surface area contributed by atoms with Crippen LogP contribution in [0.15, 0.2) is 30.3 Å². The molecule has 0 aliphatic carbocycles. The predicted molar refractivity (Wildman–Crippen MR) is 238 cm³/mol. The maximum absolute atomic E-state index is 14.0. The van der Waals surface area contributed by atoms with Crippen molar-refractivity contribution in [2.24, 2.45) is 22.9 Å². The van der Waals surface area contributed by atoms with Gasteiger partial charge in [0.15, 0.2) is 0 Å². The topological polar surface area (TPSA) is 423 Å². The summed E-state index contributed by atoms with van der Waals surface area (Å²) in [4.78, 5) is 117. The summed E-state index contributed by atoms with van der Waals surface area (Å²) in [5, 5.41) is 57.5. The van der Waals surface area contributed by atoms with Crippen molar-refractivity contribution in [1.29, 1.82) is 0 Å². The van der Waals surface area contributed by atoms with Crippen LogP contribution in [0.1, 0.15) is 71.3 Å². The number of aliphatic hydroxyl groups excluding tert-OH is 3. The Hall–Kier alpha value is -5.44. The zero-order valence-electron chi connectivity index (χ0n) is 36.7. The van der Waals surface area contributed by atoms with E-state index < -0.39 is 126 Å². The molecule has 0 spiro atoms. The Bertz CT molecular complexity index is 1740. The summed E-state index contributed by atoms with van der Waals surface area (Å²) in [6.07, 6.45) is -4.44. The van der Waals surface area contributed by atoms with Crippen LogP contribution >= 0.6 is 12.6 Å². The van der Waals surface area contributed by atoms with Gasteiger partial charge in [-0.15, -0.1) is 0 Å². The molecule has 19 N–H and O–H groups in total. The average molecular weight is 942 g/mol. The van der Waals surface area contributed by atoms with Gasteiger partial charge in [0.05, 0.1) is 30.8 Å². The van der Waals surface area contributed by atoms with Gasteiger partial charge in [0, 0.05) is 12.2 Å². The first-order valence-electron chi connectivity index (χ1n) is 21.1. The first kappa shape index (κ1) is 57.6. The van der Waals surface area contributed by atoms with Crippen molar-refractivity contribution in [1.82, 2.24) is 37.2 Å². The van der Waals surface area contributed by atoms with Crippen LogP contribution in [0.2, 0.25) is 0 Å². The number of hydrogen-bond donors (Lipinski definition) is 16. The SMILES string of the molecule is C[C@@H](O)[C@H](NC(=O)[C@H](CCCCN)NC(=O)[C@@H](NC(=O)[C@H](CCCCN)NC(=O)[C@H](Cc1ccccc1)NC(=O)[C@@H](NC(=O)[C@@H](N)CS)[C@@H](C)O)[C@@H](C)O)C(=O)N[C@@H](CC(N)=O)C(=O)O. The lowest BCUT2D eigenvalue weighted by Gasteiger charge is -2.29. The second kappa shape index (κ2) is 29.9. The third kappa shape index (κ3) is 21.0. The fourth-order valence-corrected chi connectivity index (χ4v) is 6.27. The number of thiol groups is 1. The Labute approximate surface area is 382 Å². The van der Waals surface area contributed by atoms with E-state index in [1.165, 1.54) is 13.8 Å². The lowest BCUT2D eigenvalue weighted by Crippen LogP contribution is -2.63. The standard InChI is InChI=1S/C40H67N11O13S/c1-20(52)30(49-33(56)24(43)19-65)38(61)47-27(17-23-11-5-4-6-12-23)36(59)45-25(13-7-9-15-41)34(57)50-31(21(2)53)37(60)46-26(14-8-10-16-42)35(58)51-32(22(3)54)39(62)48-28(40(63)64)18-29(44)55/h4-6,11-12,20-22,24-28,30-32,52-54,65H,7-10,13-19,41-43H2,1-3H3,(H2,44,55)(H,45,59)(H,46,60)(H,47,61)(H,48,62)(H,49,56)(H,50,57)(H,51,58)(H,63,64)/t20-,21-,22-,24+,25+,26+,27+,28+,30+,31+,32+/m1/s1. The third-order valence-corrected chi connectivity index (χ3v) is 10.2. The molecule has 0 saturated heterocycles. The Morgan fingerprint density at radius 1 is 0.554 bits per heavy atom. The van der Waals surface area contributed by atoms with E-state index in [9.17, 15) is 63.6 Å². The molecular weight excluding hydrogens is 875 g/mol. The zero-order valence-corrected chi connectivity index (χ0v) is 37.6. The normalized spacial score (nSPS) is 16.2. The summed E-state index contributed by atoms with van der Waals surface area (Å²) in [6, 6.07) is -3.86. The number of primary amides is 1. The van der Waals surface area contributed by atoms with E-state index >= 15 is 0 Å². The number of carboxylic acids is 1. The van der Waals surface area contributed by atoms with Crippen LogP contribution in [0.25, 0.3) is 0 Å². The van der Waals surface area contributed by atoms with Crippen molar-refractivity contribution < 1.29 is 63.6 Å². The van der Waals surface area contributed by atoms with Crippen molar-refractivity contribution in [3.05, 3.63) is 35.9 Å². The van der Waals surface area contributed by atoms with E-state index in [0.717, 1.165) is 6.92 Å². The Balaban J connectivity index is 3.45. The molecule has 11 atom stereocenters. The van der Waals surface area contributed by atoms with Crippen LogP contribution in [-0.4, -0.2) is 159 Å². The highest BCUT2D eigenvalue weighted by Crippen LogP contribution is 2.10. The number of carboxylic acid groups (broad SMARTS) is 1. The first-order valence-corrected chi connectivity index (χ1v) is 21.7. The highest BCUT2D eigenvalue weighted by Gasteiger charge is 2.37. The highest BCUT2D eigenvalue weighted by atomic mass is 32.1. The monoisotopic (exact) mass is 941 g/mol. The Kier molecular flexibility index (Phi) is 26.5. The van der Waals surface area contributed by atoms with Gasteiger partial charge in [-0.1, -0.05) is 30.3 Å². The number of amides is 8. The minimum atomic E-state index is -1.80. The van der Waals surface area contributed by atoms with Crippen LogP contribution in [-0.2, 0) is 49.6 Å². The number of carbonyl (C=O) groups excluding carboxylic acids is 8. The number of nitrogens with one attached hydrogen (secondary N) is 7. The summed E-state index contributed by atoms with van der Waals surface area (Å²) in [7, 11) is 0. The van der Waals surface area contributed by atoms with Gasteiger partial charge in [0.25, 0.3) is 0 Å². The van der Waals surface area contributed by atoms with Crippen LogP contribution in [0, 0.1) is 0 Å². The van der Waals surface area contributed by atoms with Gasteiger partial charge < -0.3 is 80.6 Å². The number of hydrogen-bond acceptors (Lipinski definition) is 16. The van der Waals surface area contributed by atoms with E-state index in [1.807, 2.05) is 5.32 Å². The van der Waals surface area contributed by atoms with Crippen LogP contribution in [0.4, 0.5) is 0 Å². The summed E-state index contributed by atoms with van der Waals surface area (Å²) < 4.78 is 0. The van der Waals surface area contributed by atoms with Gasteiger partial charge in [-0.2, -0.15) is 12.6 Å². The van der Waals surface area contributed by atoms with Crippen molar-refractivity contribution >= 4 is 65.9 Å². The molecule has 8 amide bonds. The summed E-state index contributed by atoms with van der Waals surface area (Å²) >= 11 is 3.98. The largest absolute Gasteiger partial charge is 0.480 e. The van der Waals surface area contributed by atoms with Crippen molar-refractivity contribution in [2.45, 2.75) is 139 Å². The second-order valence-corrected chi connectivity index (χ2v) is 15.8. The fraction of sp³-hybridized carbons (Fsp3) is 0.625. The minimum Gasteiger partial charge on any atom is -0.480 e. The Morgan fingerprint density at radius 2 is 0.923 bits per heavy atom. The second-order valence-electron chi connectivity index (χ2n) is 15.5. The van der Waals surface area contributed by atoms with Gasteiger partial charge in [-0.3, -0.25) is 38.4 Å². The van der Waals surface area contributed by atoms with Crippen LogP contribution in [0.3, 0.4) is 0 Å². The molecule has 0 bridgehead atoms. The molecule has 0 aromatic heterocycles. The number of nitrogens with two attached hydrogens (primary N) is 4. The number of carbonyl (C=O) groups is 9. The summed E-state index contributed by atoms with van der Waals surface area (Å²) in [6.45, 7) is 3.93. The van der Waals surface area contributed by atoms with Gasteiger partial charge >= 0.3 is 5.97 Å². The molecule has 0 heterocycles. The number of unbranched alkanes of at least 4 members (excludes halogenated alkanes) is 2. The van der Waals surface area contributed by atoms with Crippen molar-refractivity contribution in [3.8, 4) is 0 Å². The van der Waals surface area contributed by atoms with Gasteiger partial charge in [0.1, 0.15) is 42.3 Å². The summed E-state index contributed by atoms with van der Waals surface area (Å²) in [5.41, 5.74) is 22.7. The summed E-state index contributed by atoms with van der Waals surface area (Å²) in [5.74, 6) is -9.65.